The van der Waals surface area contributed by atoms with Crippen LogP contribution < -0.4 is 25.3 Å². The summed E-state index contributed by atoms with van der Waals surface area (Å²) in [5.74, 6) is 0.921. The van der Waals surface area contributed by atoms with Gasteiger partial charge >= 0.3 is 31.1 Å². The van der Waals surface area contributed by atoms with Crippen molar-refractivity contribution in [2.45, 2.75) is 152 Å². The molecule has 0 atom stereocenters. The number of halogens is 9. The summed E-state index contributed by atoms with van der Waals surface area (Å²) in [7, 11) is 0. The Morgan fingerprint density at radius 2 is 0.867 bits per heavy atom. The van der Waals surface area contributed by atoms with Gasteiger partial charge in [-0.25, -0.2) is 9.59 Å². The number of nitrogens with one attached hydrogen (secondary N) is 2. The van der Waals surface area contributed by atoms with Gasteiger partial charge in [-0.3, -0.25) is 19.9 Å². The Kier molecular flexibility index (Phi) is 41.0. The van der Waals surface area contributed by atoms with Crippen molar-refractivity contribution in [2.24, 2.45) is 29.4 Å². The second kappa shape index (κ2) is 50.1. The van der Waals surface area contributed by atoms with Crippen LogP contribution in [-0.4, -0.2) is 158 Å². The molecule has 32 heteroatoms. The molecule has 0 saturated heterocycles. The average Bonchev–Trinajstić information content (AvgIpc) is 1.73. The largest absolute Gasteiger partial charge is 0.573 e. The molecule has 0 bridgehead atoms. The topological polar surface area (TPSA) is 278 Å². The van der Waals surface area contributed by atoms with Gasteiger partial charge in [0.15, 0.2) is 0 Å². The summed E-state index contributed by atoms with van der Waals surface area (Å²) in [6.07, 6.45) is 17.1. The molecule has 3 aromatic carbocycles. The van der Waals surface area contributed by atoms with Crippen LogP contribution in [0.25, 0.3) is 33.8 Å². The van der Waals surface area contributed by atoms with Crippen molar-refractivity contribution in [3.05, 3.63) is 212 Å². The van der Waals surface area contributed by atoms with E-state index < -0.39 is 19.1 Å². The smallest absolute Gasteiger partial charge is 0.406 e. The molecule has 610 valence electrons. The number of nitrogens with two attached hydrogens (primary N) is 1. The van der Waals surface area contributed by atoms with Gasteiger partial charge in [-0.05, 0) is 219 Å². The lowest BCUT2D eigenvalue weighted by molar-refractivity contribution is -0.275. The molecule has 4 N–H and O–H groups in total. The molecule has 113 heavy (non-hydrogen) atoms. The average molecular weight is 1580 g/mol. The first-order valence-electron chi connectivity index (χ1n) is 37.6. The number of carbonyl (C=O) groups is 3. The minimum absolute atomic E-state index is 0.264. The maximum Gasteiger partial charge on any atom is 0.573 e. The Morgan fingerprint density at radius 3 is 1.22 bits per heavy atom. The molecular formula is C81H102F9N17O6. The monoisotopic (exact) mass is 1580 g/mol. The summed E-state index contributed by atoms with van der Waals surface area (Å²) < 4.78 is 122. The van der Waals surface area contributed by atoms with E-state index in [0.717, 1.165) is 92.6 Å². The molecule has 7 aromatic heterocycles. The van der Waals surface area contributed by atoms with Crippen molar-refractivity contribution < 1.29 is 68.1 Å². The van der Waals surface area contributed by atoms with E-state index in [2.05, 4.69) is 129 Å². The maximum absolute atomic E-state index is 13.2. The first-order chi connectivity index (χ1) is 54.3. The first kappa shape index (κ1) is 92.6. The van der Waals surface area contributed by atoms with Gasteiger partial charge in [0.1, 0.15) is 40.6 Å². The van der Waals surface area contributed by atoms with E-state index in [1.165, 1.54) is 120 Å². The van der Waals surface area contributed by atoms with Crippen molar-refractivity contribution in [3.8, 4) is 51.0 Å². The zero-order valence-electron chi connectivity index (χ0n) is 64.9. The Morgan fingerprint density at radius 1 is 0.487 bits per heavy atom. The summed E-state index contributed by atoms with van der Waals surface area (Å²) in [4.78, 5) is 56.8. The SMILES string of the molecule is CCC(C=O)CC.CCC(CC)CN(CCc1ccncc1)C(=O)n1cc(-c2ccc(OC(F)(F)F)cc2)nn1.CCC(CC)CN(CCc1ccncc1)C(=O)n1ncc(-c2ccc(OC(F)(F)F)cc2)n1.CCC(CC)CNCCc1ccncc1.FC(F)(F)Oc1ccc(-c2cn[nH]n2)cc1.NCCc1ccncc1. The molecule has 0 aliphatic heterocycles. The molecule has 0 spiro atoms. The predicted octanol–water partition coefficient (Wildman–Crippen LogP) is 17.6. The zero-order valence-corrected chi connectivity index (χ0v) is 64.9. The van der Waals surface area contributed by atoms with Gasteiger partial charge in [0, 0.05) is 98.4 Å². The Hall–Kier alpha value is -11.0. The third-order valence-corrected chi connectivity index (χ3v) is 17.9. The third kappa shape index (κ3) is 36.3. The lowest BCUT2D eigenvalue weighted by atomic mass is 10.0. The summed E-state index contributed by atoms with van der Waals surface area (Å²) in [6, 6.07) is 31.0. The highest BCUT2D eigenvalue weighted by Gasteiger charge is 2.33. The number of pyridine rings is 4. The predicted molar refractivity (Wildman–Crippen MR) is 414 cm³/mol. The Bertz CT molecular complexity index is 3990. The fraction of sp³-hybridized carbons (Fsp3) is 0.420. The number of carbonyl (C=O) groups excluding carboxylic acids is 3. The van der Waals surface area contributed by atoms with Crippen molar-refractivity contribution in [2.75, 3.05) is 45.8 Å². The van der Waals surface area contributed by atoms with Crippen LogP contribution in [0.1, 0.15) is 129 Å². The second-order valence-corrected chi connectivity index (χ2v) is 25.8. The highest BCUT2D eigenvalue weighted by molar-refractivity contribution is 5.77. The highest BCUT2D eigenvalue weighted by Crippen LogP contribution is 2.29. The van der Waals surface area contributed by atoms with E-state index >= 15 is 0 Å². The fourth-order valence-corrected chi connectivity index (χ4v) is 10.8. The number of aromatic amines is 1. The number of hydrogen-bond acceptors (Lipinski definition) is 18. The van der Waals surface area contributed by atoms with Crippen LogP contribution in [0, 0.1) is 23.7 Å². The number of H-pyrrole nitrogens is 1. The fourth-order valence-electron chi connectivity index (χ4n) is 10.8. The van der Waals surface area contributed by atoms with Crippen LogP contribution in [0.2, 0.25) is 0 Å². The van der Waals surface area contributed by atoms with Crippen LogP contribution in [0.3, 0.4) is 0 Å². The van der Waals surface area contributed by atoms with Crippen LogP contribution >= 0.6 is 0 Å². The molecule has 10 rings (SSSR count). The summed E-state index contributed by atoms with van der Waals surface area (Å²) >= 11 is 0. The number of rotatable bonds is 32. The molecule has 0 aliphatic rings. The number of alkyl halides is 9. The lowest BCUT2D eigenvalue weighted by Gasteiger charge is -2.26. The van der Waals surface area contributed by atoms with E-state index in [4.69, 9.17) is 5.73 Å². The Balaban J connectivity index is 0.000000263. The number of amides is 2. The summed E-state index contributed by atoms with van der Waals surface area (Å²) in [5.41, 5.74) is 13.1. The number of aldehydes is 1. The summed E-state index contributed by atoms with van der Waals surface area (Å²) in [6.45, 7) is 22.1. The minimum atomic E-state index is -4.76. The van der Waals surface area contributed by atoms with Crippen LogP contribution in [-0.2, 0) is 30.5 Å². The molecule has 2 amide bonds. The van der Waals surface area contributed by atoms with Crippen LogP contribution in [0.15, 0.2) is 189 Å². The van der Waals surface area contributed by atoms with Gasteiger partial charge in [-0.1, -0.05) is 104 Å². The van der Waals surface area contributed by atoms with E-state index in [0.29, 0.717) is 97.1 Å². The van der Waals surface area contributed by atoms with Crippen molar-refractivity contribution in [1.29, 1.82) is 0 Å². The van der Waals surface area contributed by atoms with Gasteiger partial charge < -0.3 is 39.9 Å². The van der Waals surface area contributed by atoms with E-state index in [1.807, 2.05) is 62.6 Å². The Labute approximate surface area is 653 Å². The lowest BCUT2D eigenvalue weighted by Crippen LogP contribution is -2.40. The van der Waals surface area contributed by atoms with Gasteiger partial charge in [0.05, 0.1) is 18.6 Å². The summed E-state index contributed by atoms with van der Waals surface area (Å²) in [5, 5.41) is 29.7. The first-order valence-corrected chi connectivity index (χ1v) is 37.6. The van der Waals surface area contributed by atoms with Crippen LogP contribution in [0.4, 0.5) is 49.1 Å². The highest BCUT2D eigenvalue weighted by atomic mass is 19.4. The molecular weight excluding hydrogens is 1480 g/mol. The zero-order chi connectivity index (χ0) is 82.4. The number of nitrogens with zero attached hydrogens (tertiary/aromatic N) is 14. The van der Waals surface area contributed by atoms with E-state index in [-0.39, 0.29) is 29.3 Å². The van der Waals surface area contributed by atoms with Crippen LogP contribution in [0.5, 0.6) is 17.2 Å². The molecule has 0 fully saturated rings. The van der Waals surface area contributed by atoms with Gasteiger partial charge in [0.25, 0.3) is 0 Å². The van der Waals surface area contributed by atoms with Crippen molar-refractivity contribution in [3.63, 3.8) is 0 Å². The van der Waals surface area contributed by atoms with Gasteiger partial charge in [-0.15, -0.1) is 49.7 Å². The normalized spacial score (nSPS) is 11.2. The number of benzene rings is 3. The van der Waals surface area contributed by atoms with E-state index in [1.54, 1.807) is 47.0 Å². The number of aromatic nitrogens is 13. The molecule has 0 saturated carbocycles. The second-order valence-electron chi connectivity index (χ2n) is 25.8. The van der Waals surface area contributed by atoms with Crippen molar-refractivity contribution in [1.82, 2.24) is 80.5 Å². The number of ether oxygens (including phenoxy) is 3. The molecule has 0 aliphatic carbocycles. The number of hydrogen-bond donors (Lipinski definition) is 3. The molecule has 7 heterocycles. The maximum atomic E-state index is 13.2. The van der Waals surface area contributed by atoms with E-state index in [9.17, 15) is 53.9 Å². The molecule has 0 radical (unpaired) electrons. The third-order valence-electron chi connectivity index (χ3n) is 17.9. The minimum Gasteiger partial charge on any atom is -0.406 e. The quantitative estimate of drug-likeness (QED) is 0.0201. The van der Waals surface area contributed by atoms with Gasteiger partial charge in [-0.2, -0.15) is 25.2 Å². The molecule has 0 unspecified atom stereocenters. The molecule has 23 nitrogen and oxygen atoms in total. The van der Waals surface area contributed by atoms with Gasteiger partial charge in [0.2, 0.25) is 0 Å². The standard InChI is InChI=1S/2C23H26F3N5O2.C13H22N2.C9H6F3N3O.C7H10N2.C6H12O/c1-3-17(4-2)16-30(14-11-18-9-12-27-13-10-18)22(32)31-28-15-21(29-31)19-5-7-20(8-6-19)33-23(24,25)26;1-3-17(4-2)15-30(14-11-18-9-12-27-13-10-18)22(32)31-16-21(28-29-31)19-5-7-20(8-6-19)33-23(24,25)26;1-3-12(4-2)11-15-10-7-13-5-8-14-9-6-13;10-9(11,12)16-7-3-1-6(2-4-7)8-5-13-15-14-8;8-4-1-7-2-5-9-6-3-7;1-3-6(4-2)5-7/h5-10,12-13,15,17H,3-4,11,14,16H2,1-2H3;5-10,12-13,16-17H,3-4,11,14-15H2,1-2H3;5-6,8-9,12,15H,3-4,7,10-11H2,1-2H3;1-5H,(H,13,14,15);2-3,5-6H,1,4,8H2;5-6H,3-4H2,1-2H3. The molecule has 10 aromatic rings. The van der Waals surface area contributed by atoms with Crippen molar-refractivity contribution >= 4 is 18.3 Å².